The minimum atomic E-state index is -2.22. The first-order valence-corrected chi connectivity index (χ1v) is 9.23. The van der Waals surface area contributed by atoms with Crippen LogP contribution in [-0.4, -0.2) is 65.0 Å². The maximum Gasteiger partial charge on any atom is 0.127 e. The van der Waals surface area contributed by atoms with E-state index in [0.717, 1.165) is 11.1 Å². The van der Waals surface area contributed by atoms with Gasteiger partial charge in [0.25, 0.3) is 0 Å². The van der Waals surface area contributed by atoms with E-state index in [0.29, 0.717) is 5.04 Å². The molecule has 0 bridgehead atoms. The number of aliphatic hydroxyl groups excluding tert-OH is 1. The van der Waals surface area contributed by atoms with Gasteiger partial charge in [-0.2, -0.15) is 5.10 Å². The van der Waals surface area contributed by atoms with E-state index < -0.39 is 34.4 Å². The minimum absolute atomic E-state index is 0.639. The summed E-state index contributed by atoms with van der Waals surface area (Å²) in [6.45, 7) is 6.14. The zero-order chi connectivity index (χ0) is 20.0. The van der Waals surface area contributed by atoms with Gasteiger partial charge in [0, 0.05) is 5.56 Å². The van der Waals surface area contributed by atoms with E-state index in [9.17, 15) is 25.5 Å². The number of hydrogen-bond acceptors (Lipinski definition) is 8. The monoisotopic (exact) mass is 384 g/mol. The van der Waals surface area contributed by atoms with Gasteiger partial charge in [0.2, 0.25) is 0 Å². The zero-order valence-corrected chi connectivity index (χ0v) is 16.5. The van der Waals surface area contributed by atoms with E-state index in [1.807, 2.05) is 31.2 Å². The van der Waals surface area contributed by atoms with Crippen LogP contribution in [0, 0.1) is 6.92 Å². The molecule has 0 amide bonds. The molecule has 0 unspecified atom stereocenters. The highest BCUT2D eigenvalue weighted by Crippen LogP contribution is 2.44. The highest BCUT2D eigenvalue weighted by molar-refractivity contribution is 8.15. The molecule has 1 heterocycles. The lowest BCUT2D eigenvalue weighted by atomic mass is 9.66. The van der Waals surface area contributed by atoms with E-state index in [1.54, 1.807) is 0 Å². The van der Waals surface area contributed by atoms with Gasteiger partial charge >= 0.3 is 0 Å². The Morgan fingerprint density at radius 3 is 2.04 bits per heavy atom. The molecule has 0 saturated heterocycles. The maximum absolute atomic E-state index is 11.1. The third kappa shape index (κ3) is 3.26. The van der Waals surface area contributed by atoms with E-state index >= 15 is 0 Å². The summed E-state index contributed by atoms with van der Waals surface area (Å²) >= 11 is 1.21. The number of aliphatic hydroxyl groups is 5. The van der Waals surface area contributed by atoms with E-state index in [1.165, 1.54) is 39.5 Å². The normalized spacial score (nSPS) is 26.7. The zero-order valence-electron chi connectivity index (χ0n) is 15.7. The Balaban J connectivity index is 2.26. The molecule has 6 N–H and O–H groups in total. The number of aryl methyl sites for hydroxylation is 1. The molecule has 5 atom stereocenters. The third-order valence-electron chi connectivity index (χ3n) is 5.61. The van der Waals surface area contributed by atoms with Gasteiger partial charge in [0.15, 0.2) is 0 Å². The van der Waals surface area contributed by atoms with Gasteiger partial charge in [0.1, 0.15) is 32.8 Å². The van der Waals surface area contributed by atoms with Crippen molar-refractivity contribution in [1.82, 2.24) is 5.43 Å². The van der Waals surface area contributed by atoms with Crippen LogP contribution in [-0.2, 0) is 0 Å². The first-order chi connectivity index (χ1) is 11.8. The summed E-state index contributed by atoms with van der Waals surface area (Å²) < 4.78 is 0. The van der Waals surface area contributed by atoms with Crippen LogP contribution in [0.25, 0.3) is 0 Å². The fourth-order valence-electron chi connectivity index (χ4n) is 2.78. The van der Waals surface area contributed by atoms with Crippen LogP contribution in [0.1, 0.15) is 38.8 Å². The van der Waals surface area contributed by atoms with Gasteiger partial charge in [-0.3, -0.25) is 5.43 Å². The van der Waals surface area contributed by atoms with Crippen LogP contribution in [0.2, 0.25) is 0 Å². The molecule has 1 aromatic carbocycles. The summed E-state index contributed by atoms with van der Waals surface area (Å²) in [5.74, 6) is 0. The predicted molar refractivity (Wildman–Crippen MR) is 102 cm³/mol. The van der Waals surface area contributed by atoms with Gasteiger partial charge in [-0.25, -0.2) is 0 Å². The molecular weight excluding hydrogens is 356 g/mol. The summed E-state index contributed by atoms with van der Waals surface area (Å²) in [4.78, 5) is 0. The van der Waals surface area contributed by atoms with Gasteiger partial charge in [-0.1, -0.05) is 41.6 Å². The van der Waals surface area contributed by atoms with Crippen LogP contribution >= 0.6 is 11.8 Å². The summed E-state index contributed by atoms with van der Waals surface area (Å²) in [7, 11) is 0. The van der Waals surface area contributed by atoms with E-state index in [-0.39, 0.29) is 0 Å². The Labute approximate surface area is 157 Å². The van der Waals surface area contributed by atoms with E-state index in [2.05, 4.69) is 10.5 Å². The lowest BCUT2D eigenvalue weighted by molar-refractivity contribution is -0.286. The molecule has 2 rings (SSSR count). The van der Waals surface area contributed by atoms with Crippen molar-refractivity contribution in [3.05, 3.63) is 35.4 Å². The van der Waals surface area contributed by atoms with Crippen LogP contribution in [0.15, 0.2) is 29.4 Å². The van der Waals surface area contributed by atoms with Crippen LogP contribution in [0.4, 0.5) is 0 Å². The molecule has 1 aliphatic heterocycles. The number of thioether (sulfide) groups is 1. The topological polar surface area (TPSA) is 126 Å². The Morgan fingerprint density at radius 1 is 1.00 bits per heavy atom. The molecule has 146 valence electrons. The van der Waals surface area contributed by atoms with Crippen molar-refractivity contribution in [2.75, 3.05) is 6.61 Å². The molecule has 0 radical (unpaired) electrons. The second-order valence-electron chi connectivity index (χ2n) is 7.63. The number of rotatable bonds is 6. The molecular formula is C18H28N2O5S. The summed E-state index contributed by atoms with van der Waals surface area (Å²) in [5.41, 5.74) is -3.58. The quantitative estimate of drug-likeness (QED) is 0.417. The lowest BCUT2D eigenvalue weighted by Crippen LogP contribution is -2.75. The number of hydrogen-bond donors (Lipinski definition) is 6. The summed E-state index contributed by atoms with van der Waals surface area (Å²) in [6, 6.07) is 7.71. The standard InChI is InChI=1S/C18H28N2O5S/c1-11-6-8-12(9-7-11)13-19-20-14(26-13)16(3,23)18(5,25)17(4,24)15(2,22)10-21/h6-9,14,20-25H,10H2,1-5H3/t14-,15+,16-,17+,18-/m0/s1. The van der Waals surface area contributed by atoms with Crippen molar-refractivity contribution in [3.63, 3.8) is 0 Å². The van der Waals surface area contributed by atoms with Gasteiger partial charge in [0.05, 0.1) is 6.61 Å². The second kappa shape index (κ2) is 6.78. The lowest BCUT2D eigenvalue weighted by Gasteiger charge is -2.53. The third-order valence-corrected chi connectivity index (χ3v) is 6.96. The number of benzene rings is 1. The predicted octanol–water partition coefficient (Wildman–Crippen LogP) is 0.315. The van der Waals surface area contributed by atoms with Crippen molar-refractivity contribution in [3.8, 4) is 0 Å². The maximum atomic E-state index is 11.1. The molecule has 8 heteroatoms. The molecule has 26 heavy (non-hydrogen) atoms. The van der Waals surface area contributed by atoms with Crippen molar-refractivity contribution in [1.29, 1.82) is 0 Å². The Bertz CT molecular complexity index is 683. The number of hydrazone groups is 1. The highest BCUT2D eigenvalue weighted by Gasteiger charge is 2.64. The molecule has 1 aromatic rings. The molecule has 0 fully saturated rings. The Kier molecular flexibility index (Phi) is 5.51. The highest BCUT2D eigenvalue weighted by atomic mass is 32.2. The molecule has 0 spiro atoms. The SMILES string of the molecule is Cc1ccc(C2=NN[C@H]([C@](C)(O)[C@](C)(O)[C@](C)(O)[C@](C)(O)CO)S2)cc1. The second-order valence-corrected chi connectivity index (χ2v) is 8.73. The van der Waals surface area contributed by atoms with Crippen molar-refractivity contribution in [2.24, 2.45) is 5.10 Å². The van der Waals surface area contributed by atoms with Crippen LogP contribution < -0.4 is 5.43 Å². The molecule has 0 aliphatic carbocycles. The first kappa shape index (κ1) is 21.1. The number of nitrogens with zero attached hydrogens (tertiary/aromatic N) is 1. The fourth-order valence-corrected chi connectivity index (χ4v) is 3.94. The van der Waals surface area contributed by atoms with Gasteiger partial charge in [-0.15, -0.1) is 0 Å². The van der Waals surface area contributed by atoms with Crippen molar-refractivity contribution >= 4 is 16.8 Å². The molecule has 1 aliphatic rings. The van der Waals surface area contributed by atoms with Gasteiger partial charge < -0.3 is 25.5 Å². The Morgan fingerprint density at radius 2 is 1.54 bits per heavy atom. The summed E-state index contributed by atoms with van der Waals surface area (Å²) in [5, 5.41) is 56.7. The smallest absolute Gasteiger partial charge is 0.127 e. The first-order valence-electron chi connectivity index (χ1n) is 8.35. The largest absolute Gasteiger partial charge is 0.393 e. The van der Waals surface area contributed by atoms with Crippen molar-refractivity contribution in [2.45, 2.75) is 62.4 Å². The number of nitrogens with one attached hydrogen (secondary N) is 1. The average molecular weight is 384 g/mol. The molecule has 0 aromatic heterocycles. The summed E-state index contributed by atoms with van der Waals surface area (Å²) in [6.07, 6.45) is 0. The van der Waals surface area contributed by atoms with E-state index in [4.69, 9.17) is 0 Å². The van der Waals surface area contributed by atoms with Crippen LogP contribution in [0.3, 0.4) is 0 Å². The molecule has 7 nitrogen and oxygen atoms in total. The fraction of sp³-hybridized carbons (Fsp3) is 0.611. The van der Waals surface area contributed by atoms with Crippen LogP contribution in [0.5, 0.6) is 0 Å². The van der Waals surface area contributed by atoms with Gasteiger partial charge in [-0.05, 0) is 34.6 Å². The average Bonchev–Trinajstić information content (AvgIpc) is 3.05. The minimum Gasteiger partial charge on any atom is -0.393 e. The van der Waals surface area contributed by atoms with Crippen molar-refractivity contribution < 1.29 is 25.5 Å². The Hall–Kier alpha value is -1.16. The molecule has 0 saturated carbocycles.